The number of phenolic OH excluding ortho intramolecular Hbond substituents is 24. The zero-order valence-electron chi connectivity index (χ0n) is 33.7. The van der Waals surface area contributed by atoms with Crippen molar-refractivity contribution in [2.75, 3.05) is 0 Å². The lowest BCUT2D eigenvalue weighted by Crippen LogP contribution is -2.35. The number of aliphatic hydroxyl groups is 1. The molecule has 8 aromatic carbocycles. The van der Waals surface area contributed by atoms with Gasteiger partial charge in [0.15, 0.2) is 91.6 Å². The Morgan fingerprint density at radius 3 is 0.914 bits per heavy atom. The molecule has 27 N–H and O–H groups in total. The molecule has 0 amide bonds. The molecule has 1 aliphatic rings. The first-order chi connectivity index (χ1) is 32.6. The highest BCUT2D eigenvalue weighted by Gasteiger charge is 2.51. The van der Waals surface area contributed by atoms with Gasteiger partial charge in [-0.25, -0.2) is 0 Å². The third-order valence-electron chi connectivity index (χ3n) is 12.5. The zero-order valence-corrected chi connectivity index (χ0v) is 33.7. The predicted molar refractivity (Wildman–Crippen MR) is 230 cm³/mol. The highest BCUT2D eigenvalue weighted by molar-refractivity contribution is 6.33. The van der Waals surface area contributed by atoms with Gasteiger partial charge >= 0.3 is 0 Å². The topological polar surface area (TPSA) is 545 Å². The molecule has 27 nitrogen and oxygen atoms in total. The van der Waals surface area contributed by atoms with Crippen LogP contribution in [0, 0.1) is 0 Å². The molecule has 10 rings (SSSR count). The summed E-state index contributed by atoms with van der Waals surface area (Å²) in [7, 11) is 0. The van der Waals surface area contributed by atoms with E-state index in [2.05, 4.69) is 0 Å². The van der Waals surface area contributed by atoms with Crippen LogP contribution in [0.4, 0.5) is 0 Å². The van der Waals surface area contributed by atoms with E-state index < -0.39 is 242 Å². The van der Waals surface area contributed by atoms with Crippen LogP contribution in [0.15, 0.2) is 4.42 Å². The van der Waals surface area contributed by atoms with Gasteiger partial charge in [0.2, 0.25) is 51.7 Å². The fourth-order valence-corrected chi connectivity index (χ4v) is 9.43. The third-order valence-corrected chi connectivity index (χ3v) is 12.5. The van der Waals surface area contributed by atoms with E-state index in [9.17, 15) is 128 Å². The van der Waals surface area contributed by atoms with Crippen molar-refractivity contribution in [3.05, 3.63) is 11.1 Å². The predicted octanol–water partition coefficient (Wildman–Crippen LogP) is 3.45. The highest BCUT2D eigenvalue weighted by Crippen LogP contribution is 2.71. The maximum Gasteiger partial charge on any atom is 0.205 e. The zero-order chi connectivity index (χ0) is 51.5. The molecule has 1 heterocycles. The van der Waals surface area contributed by atoms with E-state index in [1.165, 1.54) is 0 Å². The second kappa shape index (κ2) is 12.9. The lowest BCUT2D eigenvalue weighted by Gasteiger charge is -2.26. The molecule has 0 bridgehead atoms. The van der Waals surface area contributed by atoms with Crippen LogP contribution < -0.4 is 5.73 Å². The number of hydrogen-bond acceptors (Lipinski definition) is 27. The molecule has 1 aliphatic carbocycles. The monoisotopic (exact) mass is 973 g/mol. The summed E-state index contributed by atoms with van der Waals surface area (Å²) < 4.78 is 5.57. The van der Waals surface area contributed by atoms with Gasteiger partial charge in [-0.1, -0.05) is 0 Å². The van der Waals surface area contributed by atoms with Crippen LogP contribution >= 0.6 is 0 Å². The van der Waals surface area contributed by atoms with Gasteiger partial charge in [0.25, 0.3) is 0 Å². The van der Waals surface area contributed by atoms with Crippen molar-refractivity contribution in [2.45, 2.75) is 5.72 Å². The van der Waals surface area contributed by atoms with Crippen LogP contribution in [0.25, 0.3) is 87.6 Å². The lowest BCUT2D eigenvalue weighted by molar-refractivity contribution is 0.0870. The summed E-state index contributed by atoms with van der Waals surface area (Å²) in [6, 6.07) is 0. The van der Waals surface area contributed by atoms with Gasteiger partial charge in [0.1, 0.15) is 11.5 Å². The van der Waals surface area contributed by atoms with Gasteiger partial charge in [-0.15, -0.1) is 0 Å². The van der Waals surface area contributed by atoms with E-state index >= 15 is 0 Å². The van der Waals surface area contributed by atoms with E-state index in [1.54, 1.807) is 0 Å². The van der Waals surface area contributed by atoms with E-state index in [1.807, 2.05) is 0 Å². The van der Waals surface area contributed by atoms with Crippen molar-refractivity contribution in [2.24, 2.45) is 5.73 Å². The molecule has 360 valence electrons. The fourth-order valence-electron chi connectivity index (χ4n) is 9.43. The summed E-state index contributed by atoms with van der Waals surface area (Å²) in [5, 5.41) is 271. The molecule has 1 unspecified atom stereocenters. The molecule has 70 heavy (non-hydrogen) atoms. The Labute approximate surface area is 379 Å². The quantitative estimate of drug-likeness (QED) is 0.0510. The smallest absolute Gasteiger partial charge is 0.205 e. The first-order valence-electron chi connectivity index (χ1n) is 19.0. The number of phenols is 24. The number of hydrogen-bond donors (Lipinski definition) is 26. The van der Waals surface area contributed by atoms with E-state index in [0.717, 1.165) is 0 Å². The van der Waals surface area contributed by atoms with Gasteiger partial charge < -0.3 is 132 Å². The summed E-state index contributed by atoms with van der Waals surface area (Å²) >= 11 is 0. The number of rotatable bonds is 2. The molecule has 1 aromatic heterocycles. The minimum absolute atomic E-state index is 0.955. The van der Waals surface area contributed by atoms with Gasteiger partial charge in [-0.05, 0) is 0 Å². The van der Waals surface area contributed by atoms with Crippen molar-refractivity contribution >= 4 is 54.3 Å². The fraction of sp³-hybridized carbons (Fsp3) is 0.0233. The molecule has 0 spiro atoms. The second-order valence-electron chi connectivity index (χ2n) is 15.9. The van der Waals surface area contributed by atoms with Crippen LogP contribution in [0.5, 0.6) is 138 Å². The van der Waals surface area contributed by atoms with Crippen LogP contribution in [0.2, 0.25) is 0 Å². The van der Waals surface area contributed by atoms with Crippen LogP contribution in [-0.4, -0.2) is 128 Å². The van der Waals surface area contributed by atoms with Crippen molar-refractivity contribution in [3.8, 4) is 171 Å². The maximum atomic E-state index is 12.3. The molecule has 0 fully saturated rings. The molecular formula is C43H27NO26. The minimum atomic E-state index is -3.46. The van der Waals surface area contributed by atoms with Gasteiger partial charge in [0.05, 0.1) is 43.8 Å². The lowest BCUT2D eigenvalue weighted by atomic mass is 9.81. The Hall–Kier alpha value is -10.5. The third kappa shape index (κ3) is 4.51. The minimum Gasteiger partial charge on any atom is -0.507 e. The van der Waals surface area contributed by atoms with Crippen LogP contribution in [-0.2, 0) is 5.72 Å². The molecule has 1 atom stereocenters. The van der Waals surface area contributed by atoms with Crippen LogP contribution in [0.1, 0.15) is 11.1 Å². The Kier molecular flexibility index (Phi) is 7.97. The van der Waals surface area contributed by atoms with Crippen molar-refractivity contribution in [1.29, 1.82) is 0 Å². The maximum absolute atomic E-state index is 12.3. The first-order valence-corrected chi connectivity index (χ1v) is 19.0. The Morgan fingerprint density at radius 1 is 0.214 bits per heavy atom. The molecule has 0 radical (unpaired) electrons. The summed E-state index contributed by atoms with van der Waals surface area (Å²) in [6.07, 6.45) is 0. The number of aromatic hydroxyl groups is 24. The number of benzene rings is 8. The Bertz CT molecular complexity index is 4000. The summed E-state index contributed by atoms with van der Waals surface area (Å²) in [4.78, 5) is 0. The molecule has 0 aliphatic heterocycles. The number of furan rings is 1. The Balaban J connectivity index is 1.48. The molecular weight excluding hydrogens is 946 g/mol. The van der Waals surface area contributed by atoms with Crippen molar-refractivity contribution in [3.63, 3.8) is 0 Å². The summed E-state index contributed by atoms with van der Waals surface area (Å²) in [5.74, 6) is -38.2. The average Bonchev–Trinajstić information content (AvgIpc) is 3.84. The first kappa shape index (κ1) is 43.4. The molecule has 27 heteroatoms. The van der Waals surface area contributed by atoms with Crippen molar-refractivity contribution < 1.29 is 132 Å². The molecule has 0 saturated carbocycles. The second-order valence-corrected chi connectivity index (χ2v) is 15.9. The largest absolute Gasteiger partial charge is 0.507 e. The van der Waals surface area contributed by atoms with E-state index in [-0.39, 0.29) is 0 Å². The van der Waals surface area contributed by atoms with E-state index in [0.29, 0.717) is 0 Å². The average molecular weight is 974 g/mol. The number of fused-ring (bicyclic) bond motifs is 10. The normalized spacial score (nSPS) is 14.4. The molecule has 0 saturated heterocycles. The SMILES string of the molecule is NC1(O)c2c(O)c(O)c(O)c(O)c2-c2c(O)c(O)c(-c3c4c(O)c(O)c(O)c(O)c4c(-c4c(O)c(O)c5oc6c7c(O)c(O)c(O)c(O)c7c(O)c(O)c6c5c4O)c4c(O)c(O)c(O)c(O)c34)c(O)c21. The van der Waals surface area contributed by atoms with Gasteiger partial charge in [0, 0.05) is 43.8 Å². The van der Waals surface area contributed by atoms with Gasteiger partial charge in [-0.3, -0.25) is 5.73 Å². The summed E-state index contributed by atoms with van der Waals surface area (Å²) in [5.41, 5.74) is -9.72. The molecule has 9 aromatic rings. The van der Waals surface area contributed by atoms with Gasteiger partial charge in [-0.2, -0.15) is 0 Å². The van der Waals surface area contributed by atoms with E-state index in [4.69, 9.17) is 10.2 Å². The highest BCUT2D eigenvalue weighted by atomic mass is 16.4. The van der Waals surface area contributed by atoms with Crippen LogP contribution in [0.3, 0.4) is 0 Å². The van der Waals surface area contributed by atoms with Crippen molar-refractivity contribution in [1.82, 2.24) is 0 Å². The standard InChI is InChI=1S/C43H27NO26/c44-43(69)15-7(8-16(43)31(59)39(67)36(64)24(8)52)23(51)25(53)10(18(15)46)2-5-3(19(47)32(60)34(62)21(5)49)1(4-6(2)22(50)35(63)33(61)20(4)48)9-17(45)13-14-29(57)26(54)11-12(30(58)38(66)37(65)27(11)55)41(14)70-42(13)40(68)28(9)56/h45-69H,44H2. The summed E-state index contributed by atoms with van der Waals surface area (Å²) in [6.45, 7) is 0. The number of nitrogens with two attached hydrogens (primary N) is 1. The Morgan fingerprint density at radius 2 is 0.471 bits per heavy atom.